The van der Waals surface area contributed by atoms with E-state index >= 15 is 0 Å². The van der Waals surface area contributed by atoms with Gasteiger partial charge in [0.25, 0.3) is 5.91 Å². The van der Waals surface area contributed by atoms with E-state index in [9.17, 15) is 21.6 Å². The standard InChI is InChI=1S/C22H26N4O7S3/c1-32-13-12-25-18-10-9-17(35(23,28)29)14-20(18)34-22(25)24-21(27)19-4-3-11-26(19)36(30,31)16-7-5-15(33-2)6-8-16/h5-10,14,19H,3-4,11-13H2,1-2H3,(H2,23,28,29). The third kappa shape index (κ3) is 5.23. The second kappa shape index (κ2) is 10.4. The first-order chi connectivity index (χ1) is 17.1. The molecule has 0 radical (unpaired) electrons. The minimum Gasteiger partial charge on any atom is -0.497 e. The van der Waals surface area contributed by atoms with E-state index < -0.39 is 32.0 Å². The molecular weight excluding hydrogens is 528 g/mol. The summed E-state index contributed by atoms with van der Waals surface area (Å²) in [6.07, 6.45) is 0.866. The summed E-state index contributed by atoms with van der Waals surface area (Å²) < 4.78 is 63.9. The van der Waals surface area contributed by atoms with E-state index in [2.05, 4.69) is 4.99 Å². The quantitative estimate of drug-likeness (QED) is 0.441. The zero-order valence-electron chi connectivity index (χ0n) is 19.7. The predicted molar refractivity (Wildman–Crippen MR) is 134 cm³/mol. The van der Waals surface area contributed by atoms with E-state index in [0.717, 1.165) is 11.3 Å². The van der Waals surface area contributed by atoms with Crippen molar-refractivity contribution < 1.29 is 31.1 Å². The lowest BCUT2D eigenvalue weighted by molar-refractivity contribution is -0.121. The summed E-state index contributed by atoms with van der Waals surface area (Å²) in [5, 5.41) is 5.26. The monoisotopic (exact) mass is 554 g/mol. The Bertz CT molecular complexity index is 1560. The highest BCUT2D eigenvalue weighted by molar-refractivity contribution is 7.89. The molecule has 1 aliphatic rings. The van der Waals surface area contributed by atoms with Crippen molar-refractivity contribution in [1.82, 2.24) is 8.87 Å². The van der Waals surface area contributed by atoms with Crippen LogP contribution in [0.2, 0.25) is 0 Å². The number of hydrogen-bond acceptors (Lipinski definition) is 8. The highest BCUT2D eigenvalue weighted by atomic mass is 32.2. The molecule has 0 spiro atoms. The van der Waals surface area contributed by atoms with Gasteiger partial charge in [0.15, 0.2) is 4.80 Å². The molecule has 14 heteroatoms. The number of aromatic nitrogens is 1. The van der Waals surface area contributed by atoms with Crippen LogP contribution in [0.4, 0.5) is 0 Å². The molecule has 4 rings (SSSR count). The molecule has 1 amide bonds. The Morgan fingerprint density at radius 3 is 2.44 bits per heavy atom. The van der Waals surface area contributed by atoms with Gasteiger partial charge in [-0.15, -0.1) is 0 Å². The maximum Gasteiger partial charge on any atom is 0.266 e. The molecule has 1 atom stereocenters. The molecule has 2 heterocycles. The third-order valence-electron chi connectivity index (χ3n) is 5.86. The fourth-order valence-corrected chi connectivity index (χ4v) is 7.41. The Morgan fingerprint density at radius 1 is 1.11 bits per heavy atom. The average molecular weight is 555 g/mol. The van der Waals surface area contributed by atoms with Crippen LogP contribution >= 0.6 is 11.3 Å². The fourth-order valence-electron chi connectivity index (χ4n) is 4.04. The van der Waals surface area contributed by atoms with E-state index in [0.29, 0.717) is 46.8 Å². The normalized spacial score (nSPS) is 17.6. The van der Waals surface area contributed by atoms with Gasteiger partial charge in [0.2, 0.25) is 20.0 Å². The second-order valence-electron chi connectivity index (χ2n) is 8.10. The summed E-state index contributed by atoms with van der Waals surface area (Å²) in [5.41, 5.74) is 0.658. The first-order valence-electron chi connectivity index (χ1n) is 11.0. The second-order valence-corrected chi connectivity index (χ2v) is 12.6. The lowest BCUT2D eigenvalue weighted by atomic mass is 10.2. The van der Waals surface area contributed by atoms with Crippen LogP contribution in [0.3, 0.4) is 0 Å². The van der Waals surface area contributed by atoms with Crippen LogP contribution in [0.25, 0.3) is 10.2 Å². The predicted octanol–water partition coefficient (Wildman–Crippen LogP) is 1.29. The first-order valence-corrected chi connectivity index (χ1v) is 14.8. The van der Waals surface area contributed by atoms with E-state index in [4.69, 9.17) is 14.6 Å². The number of rotatable bonds is 8. The summed E-state index contributed by atoms with van der Waals surface area (Å²) in [6.45, 7) is 0.884. The fraction of sp³-hybridized carbons (Fsp3) is 0.364. The Morgan fingerprint density at radius 2 is 1.81 bits per heavy atom. The summed E-state index contributed by atoms with van der Waals surface area (Å²) in [4.78, 5) is 17.9. The van der Waals surface area contributed by atoms with Crippen molar-refractivity contribution in [3.05, 3.63) is 47.3 Å². The van der Waals surface area contributed by atoms with Gasteiger partial charge in [-0.3, -0.25) is 4.79 Å². The van der Waals surface area contributed by atoms with Gasteiger partial charge in [0.1, 0.15) is 11.8 Å². The first kappa shape index (κ1) is 26.4. The minimum atomic E-state index is -3.93. The molecule has 2 aromatic carbocycles. The zero-order valence-corrected chi connectivity index (χ0v) is 22.1. The van der Waals surface area contributed by atoms with Gasteiger partial charge in [-0.2, -0.15) is 9.30 Å². The number of benzene rings is 2. The van der Waals surface area contributed by atoms with Gasteiger partial charge in [0, 0.05) is 20.2 Å². The van der Waals surface area contributed by atoms with Crippen LogP contribution in [0.15, 0.2) is 57.2 Å². The van der Waals surface area contributed by atoms with Gasteiger partial charge >= 0.3 is 0 Å². The topological polar surface area (TPSA) is 150 Å². The van der Waals surface area contributed by atoms with Gasteiger partial charge in [-0.25, -0.2) is 22.0 Å². The van der Waals surface area contributed by atoms with Gasteiger partial charge in [-0.05, 0) is 55.3 Å². The molecule has 0 aliphatic carbocycles. The highest BCUT2D eigenvalue weighted by Crippen LogP contribution is 2.28. The number of carbonyl (C=O) groups is 1. The maximum atomic E-state index is 13.3. The highest BCUT2D eigenvalue weighted by Gasteiger charge is 2.39. The van der Waals surface area contributed by atoms with Crippen molar-refractivity contribution in [1.29, 1.82) is 0 Å². The zero-order chi connectivity index (χ0) is 26.1. The summed E-state index contributed by atoms with van der Waals surface area (Å²) in [5.74, 6) is -0.0667. The Hall–Kier alpha value is -2.62. The summed E-state index contributed by atoms with van der Waals surface area (Å²) >= 11 is 1.12. The van der Waals surface area contributed by atoms with Crippen molar-refractivity contribution in [3.8, 4) is 5.75 Å². The number of primary sulfonamides is 1. The number of carbonyl (C=O) groups excluding carboxylic acids is 1. The van der Waals surface area contributed by atoms with E-state index in [1.165, 1.54) is 42.8 Å². The number of nitrogens with two attached hydrogens (primary N) is 1. The molecule has 36 heavy (non-hydrogen) atoms. The lowest BCUT2D eigenvalue weighted by Crippen LogP contribution is -2.40. The Kier molecular flexibility index (Phi) is 7.64. The van der Waals surface area contributed by atoms with E-state index in [1.54, 1.807) is 22.8 Å². The molecule has 1 unspecified atom stereocenters. The minimum absolute atomic E-state index is 0.0550. The maximum absolute atomic E-state index is 13.3. The largest absolute Gasteiger partial charge is 0.497 e. The van der Waals surface area contributed by atoms with Crippen LogP contribution in [0.1, 0.15) is 12.8 Å². The SMILES string of the molecule is COCCn1c(=NC(=O)C2CCCN2S(=O)(=O)c2ccc(OC)cc2)sc2cc(S(N)(=O)=O)ccc21. The number of sulfonamides is 2. The smallest absolute Gasteiger partial charge is 0.266 e. The number of fused-ring (bicyclic) bond motifs is 1. The molecule has 1 aromatic heterocycles. The van der Waals surface area contributed by atoms with Crippen molar-refractivity contribution in [3.63, 3.8) is 0 Å². The molecule has 194 valence electrons. The molecule has 2 N–H and O–H groups in total. The van der Waals surface area contributed by atoms with Crippen LogP contribution < -0.4 is 14.7 Å². The number of ether oxygens (including phenoxy) is 2. The average Bonchev–Trinajstić information content (AvgIpc) is 3.47. The molecule has 1 saturated heterocycles. The molecule has 1 aliphatic heterocycles. The van der Waals surface area contributed by atoms with Crippen LogP contribution in [0, 0.1) is 0 Å². The molecular formula is C22H26N4O7S3. The number of nitrogens with zero attached hydrogens (tertiary/aromatic N) is 3. The van der Waals surface area contributed by atoms with Gasteiger partial charge < -0.3 is 14.0 Å². The molecule has 3 aromatic rings. The van der Waals surface area contributed by atoms with E-state index in [1.807, 2.05) is 0 Å². The number of hydrogen-bond donors (Lipinski definition) is 1. The Labute approximate surface area is 212 Å². The molecule has 0 bridgehead atoms. The van der Waals surface area contributed by atoms with Crippen molar-refractivity contribution in [2.75, 3.05) is 27.4 Å². The lowest BCUT2D eigenvalue weighted by Gasteiger charge is -2.21. The number of thiazole rings is 1. The van der Waals surface area contributed by atoms with Gasteiger partial charge in [-0.1, -0.05) is 11.3 Å². The molecule has 11 nitrogen and oxygen atoms in total. The van der Waals surface area contributed by atoms with Crippen molar-refractivity contribution in [2.45, 2.75) is 35.2 Å². The number of methoxy groups -OCH3 is 2. The van der Waals surface area contributed by atoms with Crippen molar-refractivity contribution >= 4 is 47.5 Å². The summed E-state index contributed by atoms with van der Waals surface area (Å²) in [6, 6.07) is 9.46. The van der Waals surface area contributed by atoms with E-state index in [-0.39, 0.29) is 16.3 Å². The molecule has 1 fully saturated rings. The van der Waals surface area contributed by atoms with Crippen molar-refractivity contribution in [2.24, 2.45) is 10.1 Å². The van der Waals surface area contributed by atoms with Gasteiger partial charge in [0.05, 0.1) is 33.7 Å². The van der Waals surface area contributed by atoms with Crippen LogP contribution in [0.5, 0.6) is 5.75 Å². The Balaban J connectivity index is 1.73. The summed E-state index contributed by atoms with van der Waals surface area (Å²) in [7, 11) is -4.81. The number of amides is 1. The van der Waals surface area contributed by atoms with Crippen LogP contribution in [-0.2, 0) is 36.1 Å². The van der Waals surface area contributed by atoms with Crippen LogP contribution in [-0.4, -0.2) is 65.0 Å². The third-order valence-corrected chi connectivity index (χ3v) is 9.74. The molecule has 0 saturated carbocycles.